The van der Waals surface area contributed by atoms with Crippen molar-refractivity contribution in [2.24, 2.45) is 4.40 Å². The molecule has 0 bridgehead atoms. The maximum absolute atomic E-state index is 11.8. The number of hydrogen-bond donors (Lipinski definition) is 0. The molecule has 0 N–H and O–H groups in total. The highest BCUT2D eigenvalue weighted by Crippen LogP contribution is 2.12. The molecule has 0 aliphatic carbocycles. The summed E-state index contributed by atoms with van der Waals surface area (Å²) in [6.45, 7) is 2.11. The van der Waals surface area contributed by atoms with Crippen LogP contribution in [0.5, 0.6) is 0 Å². The van der Waals surface area contributed by atoms with E-state index in [9.17, 15) is 9.35 Å². The van der Waals surface area contributed by atoms with Crippen LogP contribution in [-0.2, 0) is 27.5 Å². The first-order valence-corrected chi connectivity index (χ1v) is 7.49. The van der Waals surface area contributed by atoms with Crippen LogP contribution in [0, 0.1) is 6.92 Å². The average Bonchev–Trinajstić information content (AvgIpc) is 2.52. The van der Waals surface area contributed by atoms with Crippen molar-refractivity contribution >= 4 is 23.5 Å². The fourth-order valence-corrected chi connectivity index (χ4v) is 2.24. The van der Waals surface area contributed by atoms with Crippen molar-refractivity contribution < 1.29 is 14.1 Å². The van der Waals surface area contributed by atoms with Gasteiger partial charge in [-0.3, -0.25) is 0 Å². The molecule has 108 valence electrons. The molecule has 2 aromatic carbocycles. The van der Waals surface area contributed by atoms with Crippen molar-refractivity contribution in [3.8, 4) is 0 Å². The summed E-state index contributed by atoms with van der Waals surface area (Å²) in [6.07, 6.45) is 0.957. The first-order chi connectivity index (χ1) is 10.1. The molecule has 4 nitrogen and oxygen atoms in total. The van der Waals surface area contributed by atoms with E-state index in [1.165, 1.54) is 0 Å². The summed E-state index contributed by atoms with van der Waals surface area (Å²) in [6, 6.07) is 16.5. The number of carbonyl (C=O) groups excluding carboxylic acids is 1. The molecule has 0 radical (unpaired) electrons. The van der Waals surface area contributed by atoms with Gasteiger partial charge >= 0.3 is 5.97 Å². The van der Waals surface area contributed by atoms with E-state index in [-0.39, 0.29) is 6.61 Å². The van der Waals surface area contributed by atoms with E-state index in [0.29, 0.717) is 4.90 Å². The predicted molar refractivity (Wildman–Crippen MR) is 82.3 cm³/mol. The second kappa shape index (κ2) is 7.61. The third-order valence-electron chi connectivity index (χ3n) is 2.70. The summed E-state index contributed by atoms with van der Waals surface area (Å²) >= 11 is -1.59. The molecule has 1 atom stereocenters. The molecule has 0 fully saturated rings. The summed E-state index contributed by atoms with van der Waals surface area (Å²) in [7, 11) is 0. The summed E-state index contributed by atoms with van der Waals surface area (Å²) in [5.74, 6) is -0.612. The van der Waals surface area contributed by atoms with Gasteiger partial charge in [0.25, 0.3) is 0 Å². The minimum Gasteiger partial charge on any atom is -0.586 e. The maximum Gasteiger partial charge on any atom is 0.354 e. The van der Waals surface area contributed by atoms with Crippen LogP contribution in [0.4, 0.5) is 0 Å². The highest BCUT2D eigenvalue weighted by molar-refractivity contribution is 7.90. The van der Waals surface area contributed by atoms with Gasteiger partial charge in [-0.15, -0.1) is 0 Å². The molecule has 0 saturated carbocycles. The Kier molecular flexibility index (Phi) is 5.54. The van der Waals surface area contributed by atoms with E-state index in [2.05, 4.69) is 4.40 Å². The van der Waals surface area contributed by atoms with Crippen molar-refractivity contribution in [1.82, 2.24) is 0 Å². The van der Waals surface area contributed by atoms with Gasteiger partial charge in [0.15, 0.2) is 11.1 Å². The molecule has 2 aromatic rings. The lowest BCUT2D eigenvalue weighted by molar-refractivity contribution is -0.136. The Bertz CT molecular complexity index is 611. The molecule has 0 aromatic heterocycles. The van der Waals surface area contributed by atoms with Crippen molar-refractivity contribution in [1.29, 1.82) is 0 Å². The minimum absolute atomic E-state index is 0.170. The van der Waals surface area contributed by atoms with Crippen molar-refractivity contribution in [2.75, 3.05) is 0 Å². The van der Waals surface area contributed by atoms with E-state index >= 15 is 0 Å². The van der Waals surface area contributed by atoms with Crippen LogP contribution >= 0.6 is 0 Å². The lowest BCUT2D eigenvalue weighted by atomic mass is 10.2. The van der Waals surface area contributed by atoms with Crippen LogP contribution in [0.1, 0.15) is 11.1 Å². The Labute approximate surface area is 126 Å². The number of ether oxygens (including phenoxy) is 1. The summed E-state index contributed by atoms with van der Waals surface area (Å²) < 4.78 is 20.6. The standard InChI is InChI=1S/C16H15NO3S/c1-13-7-9-15(10-8-13)21(19)17-11-16(18)20-12-14-5-3-2-4-6-14/h2-11H,12H2,1H3/b17-11+. The van der Waals surface area contributed by atoms with Gasteiger partial charge in [-0.25, -0.2) is 4.79 Å². The molecular weight excluding hydrogens is 286 g/mol. The lowest BCUT2D eigenvalue weighted by Gasteiger charge is -2.03. The number of aryl methyl sites for hydroxylation is 1. The zero-order valence-electron chi connectivity index (χ0n) is 11.6. The fraction of sp³-hybridized carbons (Fsp3) is 0.125. The number of hydrogen-bond acceptors (Lipinski definition) is 4. The topological polar surface area (TPSA) is 61.7 Å². The number of rotatable bonds is 5. The monoisotopic (exact) mass is 301 g/mol. The van der Waals surface area contributed by atoms with Gasteiger partial charge in [0.2, 0.25) is 0 Å². The second-order valence-electron chi connectivity index (χ2n) is 4.39. The Morgan fingerprint density at radius 2 is 1.86 bits per heavy atom. The second-order valence-corrected chi connectivity index (χ2v) is 5.57. The molecule has 0 aliphatic rings. The van der Waals surface area contributed by atoms with E-state index in [1.54, 1.807) is 12.1 Å². The number of benzene rings is 2. The number of carbonyl (C=O) groups is 1. The first kappa shape index (κ1) is 15.3. The first-order valence-electron chi connectivity index (χ1n) is 6.38. The molecular formula is C16H15NO3S. The Morgan fingerprint density at radius 1 is 1.19 bits per heavy atom. The maximum atomic E-state index is 11.8. The van der Waals surface area contributed by atoms with E-state index in [4.69, 9.17) is 4.74 Å². The SMILES string of the molecule is Cc1ccc([S+]([O-])/N=C/C(=O)OCc2ccccc2)cc1. The van der Waals surface area contributed by atoms with Gasteiger partial charge in [0.1, 0.15) is 18.0 Å². The zero-order valence-corrected chi connectivity index (χ0v) is 12.4. The van der Waals surface area contributed by atoms with Crippen LogP contribution in [0.3, 0.4) is 0 Å². The quantitative estimate of drug-likeness (QED) is 0.484. The molecule has 0 heterocycles. The minimum atomic E-state index is -1.59. The van der Waals surface area contributed by atoms with E-state index in [0.717, 1.165) is 17.3 Å². The summed E-state index contributed by atoms with van der Waals surface area (Å²) in [4.78, 5) is 12.0. The van der Waals surface area contributed by atoms with Gasteiger partial charge < -0.3 is 9.29 Å². The molecule has 2 rings (SSSR count). The zero-order chi connectivity index (χ0) is 15.1. The molecule has 0 saturated heterocycles. The van der Waals surface area contributed by atoms with E-state index in [1.807, 2.05) is 49.4 Å². The normalized spacial score (nSPS) is 12.3. The summed E-state index contributed by atoms with van der Waals surface area (Å²) in [5.41, 5.74) is 1.96. The number of nitrogens with zero attached hydrogens (tertiary/aromatic N) is 1. The predicted octanol–water partition coefficient (Wildman–Crippen LogP) is 2.83. The molecule has 0 amide bonds. The van der Waals surface area contributed by atoms with Gasteiger partial charge in [0, 0.05) is 0 Å². The van der Waals surface area contributed by atoms with Crippen LogP contribution in [0.2, 0.25) is 0 Å². The number of esters is 1. The van der Waals surface area contributed by atoms with Gasteiger partial charge in [-0.05, 0) is 24.6 Å². The van der Waals surface area contributed by atoms with Crippen molar-refractivity contribution in [2.45, 2.75) is 18.4 Å². The molecule has 0 aliphatic heterocycles. The van der Waals surface area contributed by atoms with Crippen LogP contribution in [0.25, 0.3) is 0 Å². The highest BCUT2D eigenvalue weighted by atomic mass is 32.2. The van der Waals surface area contributed by atoms with Gasteiger partial charge in [0.05, 0.1) is 0 Å². The molecule has 0 spiro atoms. The lowest BCUT2D eigenvalue weighted by Crippen LogP contribution is -2.08. The van der Waals surface area contributed by atoms with Crippen molar-refractivity contribution in [3.63, 3.8) is 0 Å². The highest BCUT2D eigenvalue weighted by Gasteiger charge is 2.10. The Balaban J connectivity index is 1.85. The third kappa shape index (κ3) is 5.06. The average molecular weight is 301 g/mol. The molecule has 21 heavy (non-hydrogen) atoms. The Morgan fingerprint density at radius 3 is 2.52 bits per heavy atom. The smallest absolute Gasteiger partial charge is 0.354 e. The van der Waals surface area contributed by atoms with Gasteiger partial charge in [-0.2, -0.15) is 0 Å². The summed E-state index contributed by atoms with van der Waals surface area (Å²) in [5, 5.41) is 0. The van der Waals surface area contributed by atoms with E-state index < -0.39 is 17.3 Å². The fourth-order valence-electron chi connectivity index (χ4n) is 1.57. The van der Waals surface area contributed by atoms with Crippen molar-refractivity contribution in [3.05, 3.63) is 65.7 Å². The third-order valence-corrected chi connectivity index (χ3v) is 3.67. The van der Waals surface area contributed by atoms with Crippen LogP contribution in [0.15, 0.2) is 63.9 Å². The van der Waals surface area contributed by atoms with Crippen LogP contribution in [-0.4, -0.2) is 16.7 Å². The largest absolute Gasteiger partial charge is 0.586 e. The molecule has 5 heteroatoms. The Hall–Kier alpha value is -2.11. The molecule has 1 unspecified atom stereocenters. The van der Waals surface area contributed by atoms with Gasteiger partial charge in [-0.1, -0.05) is 52.4 Å². The van der Waals surface area contributed by atoms with Crippen LogP contribution < -0.4 is 0 Å².